The Labute approximate surface area is 196 Å². The average molecular weight is 461 g/mol. The molecule has 1 atom stereocenters. The average Bonchev–Trinajstić information content (AvgIpc) is 2.94. The molecular formula is C25H21ClN4OS. The van der Waals surface area contributed by atoms with Gasteiger partial charge in [-0.2, -0.15) is 0 Å². The number of methoxy groups -OCH3 is 1. The van der Waals surface area contributed by atoms with Gasteiger partial charge < -0.3 is 15.4 Å². The summed E-state index contributed by atoms with van der Waals surface area (Å²) in [6.45, 7) is 0. The van der Waals surface area contributed by atoms with Crippen LogP contribution in [0.25, 0.3) is 0 Å². The van der Waals surface area contributed by atoms with Gasteiger partial charge in [-0.15, -0.1) is 0 Å². The number of halogens is 1. The number of nitrogens with zero attached hydrogens (tertiary/aromatic N) is 3. The molecule has 2 aliphatic rings. The van der Waals surface area contributed by atoms with Gasteiger partial charge in [0.05, 0.1) is 23.8 Å². The lowest BCUT2D eigenvalue weighted by Gasteiger charge is -2.28. The van der Waals surface area contributed by atoms with Crippen LogP contribution in [-0.4, -0.2) is 25.0 Å². The van der Waals surface area contributed by atoms with Crippen molar-refractivity contribution in [2.45, 2.75) is 5.25 Å². The summed E-state index contributed by atoms with van der Waals surface area (Å²) in [4.78, 5) is 12.0. The zero-order chi connectivity index (χ0) is 22.2. The van der Waals surface area contributed by atoms with Crippen molar-refractivity contribution in [3.8, 4) is 5.75 Å². The second-order valence-electron chi connectivity index (χ2n) is 7.48. The lowest BCUT2D eigenvalue weighted by molar-refractivity contribution is 0.414. The van der Waals surface area contributed by atoms with Crippen molar-refractivity contribution in [1.82, 2.24) is 0 Å². The quantitative estimate of drug-likeness (QED) is 0.552. The van der Waals surface area contributed by atoms with Crippen LogP contribution in [0.3, 0.4) is 0 Å². The van der Waals surface area contributed by atoms with Gasteiger partial charge >= 0.3 is 0 Å². The molecule has 0 fully saturated rings. The third-order valence-electron chi connectivity index (χ3n) is 5.52. The molecule has 0 spiro atoms. The summed E-state index contributed by atoms with van der Waals surface area (Å²) in [7, 11) is 3.65. The number of nitrogens with two attached hydrogens (primary N) is 1. The molecule has 0 aromatic heterocycles. The summed E-state index contributed by atoms with van der Waals surface area (Å²) in [6, 6.07) is 24.0. The standard InChI is InChI=1S/C25H21ClN4OS/c1-30-20-13-10-17(26)14-19(20)21(15-6-4-3-5-7-15)28-22-23(32-25(27)29-24(22)30)16-8-11-18(31-2)12-9-16/h3-14,23H,1-2H3,(H2,27,29). The van der Waals surface area contributed by atoms with E-state index < -0.39 is 0 Å². The molecule has 5 nitrogen and oxygen atoms in total. The van der Waals surface area contributed by atoms with Gasteiger partial charge in [-0.3, -0.25) is 0 Å². The highest BCUT2D eigenvalue weighted by atomic mass is 35.5. The highest BCUT2D eigenvalue weighted by Gasteiger charge is 2.33. The van der Waals surface area contributed by atoms with E-state index in [-0.39, 0.29) is 5.25 Å². The lowest BCUT2D eigenvalue weighted by Crippen LogP contribution is -2.24. The minimum Gasteiger partial charge on any atom is -0.497 e. The van der Waals surface area contributed by atoms with E-state index in [9.17, 15) is 0 Å². The van der Waals surface area contributed by atoms with Crippen molar-refractivity contribution >= 4 is 39.9 Å². The predicted molar refractivity (Wildman–Crippen MR) is 134 cm³/mol. The summed E-state index contributed by atoms with van der Waals surface area (Å²) in [5, 5.41) is 1.05. The Balaban J connectivity index is 1.75. The number of hydrogen-bond donors (Lipinski definition) is 1. The van der Waals surface area contributed by atoms with E-state index in [1.54, 1.807) is 7.11 Å². The molecule has 32 heavy (non-hydrogen) atoms. The Hall–Kier alpha value is -3.22. The van der Waals surface area contributed by atoms with Gasteiger partial charge in [-0.25, -0.2) is 9.98 Å². The van der Waals surface area contributed by atoms with Crippen LogP contribution in [0.5, 0.6) is 5.75 Å². The van der Waals surface area contributed by atoms with Crippen molar-refractivity contribution in [2.24, 2.45) is 15.7 Å². The van der Waals surface area contributed by atoms with Crippen LogP contribution in [0.4, 0.5) is 5.69 Å². The highest BCUT2D eigenvalue weighted by molar-refractivity contribution is 8.14. The summed E-state index contributed by atoms with van der Waals surface area (Å²) >= 11 is 7.91. The number of fused-ring (bicyclic) bond motifs is 1. The van der Waals surface area contributed by atoms with Crippen LogP contribution >= 0.6 is 23.4 Å². The first-order chi connectivity index (χ1) is 15.5. The van der Waals surface area contributed by atoms with Crippen LogP contribution in [-0.2, 0) is 0 Å². The normalized spacial score (nSPS) is 17.7. The van der Waals surface area contributed by atoms with E-state index in [2.05, 4.69) is 12.1 Å². The molecule has 0 bridgehead atoms. The van der Waals surface area contributed by atoms with Gasteiger partial charge in [0.1, 0.15) is 11.4 Å². The minimum atomic E-state index is -0.112. The molecule has 160 valence electrons. The number of anilines is 1. The largest absolute Gasteiger partial charge is 0.497 e. The minimum absolute atomic E-state index is 0.112. The van der Waals surface area contributed by atoms with Crippen molar-refractivity contribution in [3.63, 3.8) is 0 Å². The molecule has 5 rings (SSSR count). The molecule has 0 aliphatic carbocycles. The molecule has 3 aromatic rings. The van der Waals surface area contributed by atoms with Gasteiger partial charge in [0, 0.05) is 23.2 Å². The Morgan fingerprint density at radius 1 is 1.00 bits per heavy atom. The Bertz CT molecular complexity index is 1270. The van der Waals surface area contributed by atoms with Crippen LogP contribution in [0, 0.1) is 0 Å². The number of amidine groups is 1. The third-order valence-corrected chi connectivity index (χ3v) is 6.82. The molecule has 2 heterocycles. The molecule has 2 aliphatic heterocycles. The number of ether oxygens (including phenoxy) is 1. The van der Waals surface area contributed by atoms with Gasteiger partial charge in [-0.1, -0.05) is 65.8 Å². The molecule has 2 N–H and O–H groups in total. The maximum atomic E-state index is 6.41. The van der Waals surface area contributed by atoms with Crippen molar-refractivity contribution in [1.29, 1.82) is 0 Å². The molecule has 0 amide bonds. The number of aliphatic imine (C=N–C) groups is 2. The van der Waals surface area contributed by atoms with E-state index >= 15 is 0 Å². The molecule has 0 saturated carbocycles. The molecule has 0 saturated heterocycles. The molecule has 0 radical (unpaired) electrons. The molecule has 1 unspecified atom stereocenters. The number of thioether (sulfide) groups is 1. The fourth-order valence-corrected chi connectivity index (χ4v) is 5.06. The van der Waals surface area contributed by atoms with E-state index in [0.29, 0.717) is 10.2 Å². The molecule has 7 heteroatoms. The zero-order valence-corrected chi connectivity index (χ0v) is 19.2. The SMILES string of the molecule is COc1ccc(C2SC(N)=NC3=C2N=C(c2ccccc2)c2cc(Cl)ccc2N3C)cc1. The smallest absolute Gasteiger partial charge is 0.161 e. The number of benzene rings is 3. The maximum absolute atomic E-state index is 6.41. The van der Waals surface area contributed by atoms with Crippen LogP contribution in [0.1, 0.15) is 21.9 Å². The zero-order valence-electron chi connectivity index (χ0n) is 17.6. The fraction of sp³-hybridized carbons (Fsp3) is 0.120. The van der Waals surface area contributed by atoms with Crippen LogP contribution < -0.4 is 15.4 Å². The summed E-state index contributed by atoms with van der Waals surface area (Å²) in [5.41, 5.74) is 12.0. The van der Waals surface area contributed by atoms with E-state index in [1.165, 1.54) is 11.8 Å². The molecular weight excluding hydrogens is 440 g/mol. The first-order valence-corrected chi connectivity index (χ1v) is 11.4. The summed E-state index contributed by atoms with van der Waals surface area (Å²) < 4.78 is 5.33. The van der Waals surface area contributed by atoms with Gasteiger partial charge in [0.25, 0.3) is 0 Å². The van der Waals surface area contributed by atoms with E-state index in [4.69, 9.17) is 32.1 Å². The van der Waals surface area contributed by atoms with Crippen molar-refractivity contribution in [3.05, 3.63) is 106 Å². The Morgan fingerprint density at radius 2 is 1.75 bits per heavy atom. The van der Waals surface area contributed by atoms with Crippen molar-refractivity contribution < 1.29 is 4.74 Å². The van der Waals surface area contributed by atoms with Crippen LogP contribution in [0.15, 0.2) is 94.3 Å². The van der Waals surface area contributed by atoms with Gasteiger partial charge in [0.2, 0.25) is 0 Å². The Morgan fingerprint density at radius 3 is 2.47 bits per heavy atom. The first kappa shape index (κ1) is 20.7. The van der Waals surface area contributed by atoms with E-state index in [1.807, 2.05) is 72.6 Å². The summed E-state index contributed by atoms with van der Waals surface area (Å²) in [5.74, 6) is 1.54. The predicted octanol–water partition coefficient (Wildman–Crippen LogP) is 5.61. The highest BCUT2D eigenvalue weighted by Crippen LogP contribution is 2.45. The molecule has 3 aromatic carbocycles. The second-order valence-corrected chi connectivity index (χ2v) is 9.04. The topological polar surface area (TPSA) is 63.2 Å². The number of hydrogen-bond acceptors (Lipinski definition) is 6. The first-order valence-electron chi connectivity index (χ1n) is 10.1. The lowest BCUT2D eigenvalue weighted by atomic mass is 10.00. The van der Waals surface area contributed by atoms with E-state index in [0.717, 1.165) is 45.4 Å². The van der Waals surface area contributed by atoms with Gasteiger partial charge in [0.15, 0.2) is 11.0 Å². The van der Waals surface area contributed by atoms with Gasteiger partial charge in [-0.05, 0) is 35.9 Å². The maximum Gasteiger partial charge on any atom is 0.161 e. The summed E-state index contributed by atoms with van der Waals surface area (Å²) in [6.07, 6.45) is 0. The van der Waals surface area contributed by atoms with Crippen molar-refractivity contribution in [2.75, 3.05) is 19.1 Å². The second kappa shape index (κ2) is 8.37. The third kappa shape index (κ3) is 3.66. The number of rotatable bonds is 3. The monoisotopic (exact) mass is 460 g/mol. The van der Waals surface area contributed by atoms with Crippen LogP contribution in [0.2, 0.25) is 5.02 Å². The Kier molecular flexibility index (Phi) is 5.41. The fourth-order valence-electron chi connectivity index (χ4n) is 3.94.